The van der Waals surface area contributed by atoms with Gasteiger partial charge in [0.2, 0.25) is 0 Å². The molecule has 0 radical (unpaired) electrons. The summed E-state index contributed by atoms with van der Waals surface area (Å²) in [4.78, 5) is 12.7. The molecule has 0 aliphatic heterocycles. The zero-order valence-electron chi connectivity index (χ0n) is 18.4. The Labute approximate surface area is 210 Å². The van der Waals surface area contributed by atoms with E-state index in [4.69, 9.17) is 23.2 Å². The van der Waals surface area contributed by atoms with E-state index in [1.54, 1.807) is 16.8 Å². The van der Waals surface area contributed by atoms with Gasteiger partial charge in [-0.25, -0.2) is 0 Å². The molecular formula is C24H22BrCl2N5O. The summed E-state index contributed by atoms with van der Waals surface area (Å²) in [6.45, 7) is 7.03. The molecular weight excluding hydrogens is 525 g/mol. The van der Waals surface area contributed by atoms with E-state index in [1.165, 1.54) is 0 Å². The number of hydrogen-bond donors (Lipinski definition) is 1. The molecule has 170 valence electrons. The summed E-state index contributed by atoms with van der Waals surface area (Å²) in [5.74, 6) is 0.267. The molecule has 9 heteroatoms. The SMILES string of the molecule is Cc1nn(Cc2ccc(C(=O)Nc3cc(C)n(Cc4ccc(Cl)cc4Cl)n3)cc2)c(C)c1Br. The Morgan fingerprint density at radius 1 is 0.970 bits per heavy atom. The summed E-state index contributed by atoms with van der Waals surface area (Å²) < 4.78 is 4.75. The Morgan fingerprint density at radius 3 is 2.33 bits per heavy atom. The summed E-state index contributed by atoms with van der Waals surface area (Å²) in [6.07, 6.45) is 0. The highest BCUT2D eigenvalue weighted by molar-refractivity contribution is 9.10. The van der Waals surface area contributed by atoms with Crippen molar-refractivity contribution in [3.05, 3.63) is 96.8 Å². The van der Waals surface area contributed by atoms with Crippen molar-refractivity contribution in [2.45, 2.75) is 33.9 Å². The second-order valence-electron chi connectivity index (χ2n) is 7.86. The minimum Gasteiger partial charge on any atom is -0.305 e. The molecule has 2 aromatic heterocycles. The van der Waals surface area contributed by atoms with E-state index in [0.717, 1.165) is 32.7 Å². The number of aromatic nitrogens is 4. The molecule has 4 aromatic rings. The maximum Gasteiger partial charge on any atom is 0.256 e. The maximum absolute atomic E-state index is 12.7. The van der Waals surface area contributed by atoms with E-state index >= 15 is 0 Å². The summed E-state index contributed by atoms with van der Waals surface area (Å²) in [7, 11) is 0. The number of nitrogens with zero attached hydrogens (tertiary/aromatic N) is 4. The number of carbonyl (C=O) groups excluding carboxylic acids is 1. The van der Waals surface area contributed by atoms with Crippen LogP contribution in [0.25, 0.3) is 0 Å². The molecule has 1 amide bonds. The first-order valence-electron chi connectivity index (χ1n) is 10.3. The molecule has 0 fully saturated rings. The van der Waals surface area contributed by atoms with Crippen molar-refractivity contribution in [3.8, 4) is 0 Å². The zero-order valence-corrected chi connectivity index (χ0v) is 21.5. The van der Waals surface area contributed by atoms with E-state index in [9.17, 15) is 4.79 Å². The Hall–Kier alpha value is -2.61. The number of carbonyl (C=O) groups is 1. The number of nitrogens with one attached hydrogen (secondary N) is 1. The van der Waals surface area contributed by atoms with Gasteiger partial charge in [0.25, 0.3) is 5.91 Å². The van der Waals surface area contributed by atoms with Crippen molar-refractivity contribution in [3.63, 3.8) is 0 Å². The summed E-state index contributed by atoms with van der Waals surface area (Å²) in [6, 6.07) is 14.7. The first-order chi connectivity index (χ1) is 15.7. The number of anilines is 1. The summed E-state index contributed by atoms with van der Waals surface area (Å²) in [5, 5.41) is 13.1. The van der Waals surface area contributed by atoms with Crippen LogP contribution >= 0.6 is 39.1 Å². The predicted molar refractivity (Wildman–Crippen MR) is 135 cm³/mol. The molecule has 0 spiro atoms. The van der Waals surface area contributed by atoms with Gasteiger partial charge in [0.15, 0.2) is 5.82 Å². The number of aryl methyl sites for hydroxylation is 2. The highest BCUT2D eigenvalue weighted by Gasteiger charge is 2.13. The molecule has 0 bridgehead atoms. The average Bonchev–Trinajstić information content (AvgIpc) is 3.23. The topological polar surface area (TPSA) is 64.7 Å². The van der Waals surface area contributed by atoms with E-state index < -0.39 is 0 Å². The van der Waals surface area contributed by atoms with Crippen molar-refractivity contribution in [1.82, 2.24) is 19.6 Å². The number of halogens is 3. The quantitative estimate of drug-likeness (QED) is 0.303. The van der Waals surface area contributed by atoms with Crippen molar-refractivity contribution in [1.29, 1.82) is 0 Å². The van der Waals surface area contributed by atoms with E-state index in [-0.39, 0.29) is 5.91 Å². The third-order valence-electron chi connectivity index (χ3n) is 5.40. The highest BCUT2D eigenvalue weighted by atomic mass is 79.9. The zero-order chi connectivity index (χ0) is 23.7. The van der Waals surface area contributed by atoms with E-state index in [0.29, 0.717) is 34.5 Å². The van der Waals surface area contributed by atoms with Crippen LogP contribution in [0.4, 0.5) is 5.82 Å². The second kappa shape index (κ2) is 9.71. The molecule has 6 nitrogen and oxygen atoms in total. The van der Waals surface area contributed by atoms with Crippen molar-refractivity contribution in [2.24, 2.45) is 0 Å². The van der Waals surface area contributed by atoms with Gasteiger partial charge in [-0.15, -0.1) is 0 Å². The Balaban J connectivity index is 1.43. The van der Waals surface area contributed by atoms with Crippen LogP contribution in [0.3, 0.4) is 0 Å². The lowest BCUT2D eigenvalue weighted by atomic mass is 10.1. The van der Waals surface area contributed by atoms with Gasteiger partial charge in [-0.1, -0.05) is 41.4 Å². The summed E-state index contributed by atoms with van der Waals surface area (Å²) >= 11 is 15.8. The lowest BCUT2D eigenvalue weighted by molar-refractivity contribution is 0.102. The van der Waals surface area contributed by atoms with Crippen LogP contribution in [0.2, 0.25) is 10.0 Å². The Kier molecular flexibility index (Phi) is 6.93. The minimum atomic E-state index is -0.218. The molecule has 33 heavy (non-hydrogen) atoms. The third-order valence-corrected chi connectivity index (χ3v) is 7.13. The van der Waals surface area contributed by atoms with Crippen molar-refractivity contribution < 1.29 is 4.79 Å². The van der Waals surface area contributed by atoms with Gasteiger partial charge in [-0.2, -0.15) is 10.2 Å². The van der Waals surface area contributed by atoms with E-state index in [1.807, 2.05) is 61.9 Å². The predicted octanol–water partition coefficient (Wildman–Crippen LogP) is 6.42. The van der Waals surface area contributed by atoms with Gasteiger partial charge in [0.1, 0.15) is 0 Å². The number of rotatable bonds is 6. The third kappa shape index (κ3) is 5.32. The molecule has 2 aromatic carbocycles. The fraction of sp³-hybridized carbons (Fsp3) is 0.208. The fourth-order valence-corrected chi connectivity index (χ4v) is 4.25. The Morgan fingerprint density at radius 2 is 1.70 bits per heavy atom. The first kappa shape index (κ1) is 23.5. The number of benzene rings is 2. The first-order valence-corrected chi connectivity index (χ1v) is 11.8. The molecule has 0 aliphatic rings. The van der Waals surface area contributed by atoms with Crippen LogP contribution < -0.4 is 5.32 Å². The van der Waals surface area contributed by atoms with Gasteiger partial charge in [-0.05, 0) is 72.1 Å². The summed E-state index contributed by atoms with van der Waals surface area (Å²) in [5.41, 5.74) is 5.45. The Bertz CT molecular complexity index is 1330. The second-order valence-corrected chi connectivity index (χ2v) is 9.49. The fourth-order valence-electron chi connectivity index (χ4n) is 3.49. The molecule has 0 aliphatic carbocycles. The lowest BCUT2D eigenvalue weighted by Crippen LogP contribution is -2.13. The standard InChI is InChI=1S/C24H22BrCl2N5O/c1-14-10-22(30-31(14)13-19-8-9-20(26)11-21(19)27)28-24(33)18-6-4-17(5-7-18)12-32-16(3)23(25)15(2)29-32/h4-11H,12-13H2,1-3H3,(H,28,30,33). The smallest absolute Gasteiger partial charge is 0.256 e. The lowest BCUT2D eigenvalue weighted by Gasteiger charge is -2.07. The molecule has 2 heterocycles. The molecule has 0 saturated carbocycles. The van der Waals surface area contributed by atoms with Gasteiger partial charge in [-0.3, -0.25) is 14.2 Å². The molecule has 1 N–H and O–H groups in total. The number of hydrogen-bond acceptors (Lipinski definition) is 3. The van der Waals surface area contributed by atoms with Crippen LogP contribution in [0.5, 0.6) is 0 Å². The van der Waals surface area contributed by atoms with Gasteiger partial charge in [0, 0.05) is 27.4 Å². The van der Waals surface area contributed by atoms with Gasteiger partial charge >= 0.3 is 0 Å². The maximum atomic E-state index is 12.7. The number of amides is 1. The van der Waals surface area contributed by atoms with Gasteiger partial charge in [0.05, 0.1) is 29.0 Å². The molecule has 0 unspecified atom stereocenters. The van der Waals surface area contributed by atoms with Crippen LogP contribution in [0.15, 0.2) is 53.0 Å². The van der Waals surface area contributed by atoms with Crippen molar-refractivity contribution >= 4 is 50.9 Å². The minimum absolute atomic E-state index is 0.218. The molecule has 0 atom stereocenters. The largest absolute Gasteiger partial charge is 0.305 e. The van der Waals surface area contributed by atoms with E-state index in [2.05, 4.69) is 31.4 Å². The monoisotopic (exact) mass is 545 g/mol. The molecule has 0 saturated heterocycles. The van der Waals surface area contributed by atoms with Crippen molar-refractivity contribution in [2.75, 3.05) is 5.32 Å². The molecule has 4 rings (SSSR count). The van der Waals surface area contributed by atoms with Crippen LogP contribution in [0.1, 0.15) is 38.6 Å². The normalized spacial score (nSPS) is 11.1. The van der Waals surface area contributed by atoms with Crippen LogP contribution in [-0.4, -0.2) is 25.5 Å². The van der Waals surface area contributed by atoms with Gasteiger partial charge < -0.3 is 5.32 Å². The highest BCUT2D eigenvalue weighted by Crippen LogP contribution is 2.23. The average molecular weight is 547 g/mol. The van der Waals surface area contributed by atoms with Crippen LogP contribution in [0, 0.1) is 20.8 Å². The van der Waals surface area contributed by atoms with Crippen LogP contribution in [-0.2, 0) is 13.1 Å².